The highest BCUT2D eigenvalue weighted by Crippen LogP contribution is 2.30. The SMILES string of the molecule is Cc1noc(C)c1COc1ccc(C(=O)Nc2cccc(C(F)(F)F)c2)cc1. The zero-order valence-electron chi connectivity index (χ0n) is 15.1. The number of carbonyl (C=O) groups excluding carboxylic acids is 1. The van der Waals surface area contributed by atoms with Gasteiger partial charge < -0.3 is 14.6 Å². The van der Waals surface area contributed by atoms with Crippen LogP contribution in [-0.2, 0) is 12.8 Å². The van der Waals surface area contributed by atoms with Gasteiger partial charge in [-0.25, -0.2) is 0 Å². The van der Waals surface area contributed by atoms with E-state index in [1.165, 1.54) is 24.3 Å². The highest BCUT2D eigenvalue weighted by atomic mass is 19.4. The average molecular weight is 390 g/mol. The van der Waals surface area contributed by atoms with E-state index in [1.54, 1.807) is 19.1 Å². The van der Waals surface area contributed by atoms with E-state index in [4.69, 9.17) is 9.26 Å². The van der Waals surface area contributed by atoms with Gasteiger partial charge in [-0.05, 0) is 56.3 Å². The topological polar surface area (TPSA) is 64.4 Å². The Kier molecular flexibility index (Phi) is 5.39. The third kappa shape index (κ3) is 4.51. The van der Waals surface area contributed by atoms with Gasteiger partial charge >= 0.3 is 6.18 Å². The van der Waals surface area contributed by atoms with Gasteiger partial charge in [0.2, 0.25) is 0 Å². The van der Waals surface area contributed by atoms with Crippen molar-refractivity contribution in [3.05, 3.63) is 76.7 Å². The molecule has 0 unspecified atom stereocenters. The maximum atomic E-state index is 12.8. The molecule has 0 aliphatic rings. The van der Waals surface area contributed by atoms with Gasteiger partial charge in [0, 0.05) is 11.3 Å². The second kappa shape index (κ2) is 7.75. The van der Waals surface area contributed by atoms with Crippen LogP contribution in [0.5, 0.6) is 5.75 Å². The van der Waals surface area contributed by atoms with Crippen molar-refractivity contribution in [2.45, 2.75) is 26.6 Å². The second-order valence-electron chi connectivity index (χ2n) is 6.15. The van der Waals surface area contributed by atoms with E-state index in [2.05, 4.69) is 10.5 Å². The number of hydrogen-bond acceptors (Lipinski definition) is 4. The fourth-order valence-electron chi connectivity index (χ4n) is 2.54. The number of ether oxygens (including phenoxy) is 1. The summed E-state index contributed by atoms with van der Waals surface area (Å²) < 4.78 is 49.0. The molecule has 0 aliphatic heterocycles. The number of anilines is 1. The second-order valence-corrected chi connectivity index (χ2v) is 6.15. The highest BCUT2D eigenvalue weighted by molar-refractivity contribution is 6.04. The van der Waals surface area contributed by atoms with Crippen LogP contribution in [0.2, 0.25) is 0 Å². The van der Waals surface area contributed by atoms with Gasteiger partial charge in [0.25, 0.3) is 5.91 Å². The van der Waals surface area contributed by atoms with Crippen LogP contribution < -0.4 is 10.1 Å². The predicted molar refractivity (Wildman–Crippen MR) is 96.1 cm³/mol. The Balaban J connectivity index is 1.64. The first-order chi connectivity index (χ1) is 13.2. The number of alkyl halides is 3. The molecule has 0 saturated carbocycles. The molecule has 0 spiro atoms. The summed E-state index contributed by atoms with van der Waals surface area (Å²) in [6.07, 6.45) is -4.47. The van der Waals surface area contributed by atoms with Crippen LogP contribution in [0.1, 0.15) is 32.9 Å². The molecule has 1 aromatic heterocycles. The molecule has 0 bridgehead atoms. The molecule has 28 heavy (non-hydrogen) atoms. The van der Waals surface area contributed by atoms with Crippen LogP contribution in [0.15, 0.2) is 53.1 Å². The van der Waals surface area contributed by atoms with Crippen molar-refractivity contribution in [3.63, 3.8) is 0 Å². The van der Waals surface area contributed by atoms with Gasteiger partial charge in [0.05, 0.1) is 16.8 Å². The monoisotopic (exact) mass is 390 g/mol. The van der Waals surface area contributed by atoms with E-state index in [9.17, 15) is 18.0 Å². The first-order valence-corrected chi connectivity index (χ1v) is 8.37. The summed E-state index contributed by atoms with van der Waals surface area (Å²) in [5.74, 6) is 0.696. The molecule has 1 amide bonds. The van der Waals surface area contributed by atoms with E-state index in [0.717, 1.165) is 23.4 Å². The predicted octanol–water partition coefficient (Wildman–Crippen LogP) is 5.14. The quantitative estimate of drug-likeness (QED) is 0.655. The molecule has 146 valence electrons. The fourth-order valence-corrected chi connectivity index (χ4v) is 2.54. The van der Waals surface area contributed by atoms with Crippen molar-refractivity contribution in [3.8, 4) is 5.75 Å². The summed E-state index contributed by atoms with van der Waals surface area (Å²) in [5, 5.41) is 6.31. The van der Waals surface area contributed by atoms with Crippen molar-refractivity contribution in [1.29, 1.82) is 0 Å². The number of carbonyl (C=O) groups is 1. The Labute approximate surface area is 159 Å². The molecule has 2 aromatic carbocycles. The number of aryl methyl sites for hydroxylation is 2. The number of nitrogens with one attached hydrogen (secondary N) is 1. The van der Waals surface area contributed by atoms with Gasteiger partial charge in [0.1, 0.15) is 18.1 Å². The molecule has 8 heteroatoms. The molecular formula is C20H17F3N2O3. The lowest BCUT2D eigenvalue weighted by atomic mass is 10.1. The summed E-state index contributed by atoms with van der Waals surface area (Å²) in [7, 11) is 0. The molecular weight excluding hydrogens is 373 g/mol. The third-order valence-corrected chi connectivity index (χ3v) is 4.13. The number of hydrogen-bond donors (Lipinski definition) is 1. The minimum atomic E-state index is -4.47. The lowest BCUT2D eigenvalue weighted by Crippen LogP contribution is -2.13. The normalized spacial score (nSPS) is 11.3. The summed E-state index contributed by atoms with van der Waals surface area (Å²) >= 11 is 0. The summed E-state index contributed by atoms with van der Waals surface area (Å²) in [4.78, 5) is 12.3. The number of halogens is 3. The van der Waals surface area contributed by atoms with Crippen LogP contribution in [0.25, 0.3) is 0 Å². The van der Waals surface area contributed by atoms with Crippen LogP contribution in [0.3, 0.4) is 0 Å². The first-order valence-electron chi connectivity index (χ1n) is 8.37. The molecule has 3 rings (SSSR count). The Morgan fingerprint density at radius 1 is 1.14 bits per heavy atom. The van der Waals surface area contributed by atoms with Gasteiger partial charge in [0.15, 0.2) is 0 Å². The highest BCUT2D eigenvalue weighted by Gasteiger charge is 2.30. The molecule has 1 N–H and O–H groups in total. The smallest absolute Gasteiger partial charge is 0.416 e. The fraction of sp³-hybridized carbons (Fsp3) is 0.200. The average Bonchev–Trinajstić information content (AvgIpc) is 2.98. The maximum Gasteiger partial charge on any atom is 0.416 e. The summed E-state index contributed by atoms with van der Waals surface area (Å²) in [6, 6.07) is 10.8. The molecule has 1 heterocycles. The van der Waals surface area contributed by atoms with Gasteiger partial charge in [-0.15, -0.1) is 0 Å². The van der Waals surface area contributed by atoms with Crippen LogP contribution >= 0.6 is 0 Å². The minimum absolute atomic E-state index is 0.0681. The number of benzene rings is 2. The van der Waals surface area contributed by atoms with Gasteiger partial charge in [-0.1, -0.05) is 11.2 Å². The van der Waals surface area contributed by atoms with E-state index in [-0.39, 0.29) is 12.3 Å². The molecule has 0 saturated heterocycles. The van der Waals surface area contributed by atoms with Gasteiger partial charge in [-0.3, -0.25) is 4.79 Å². The summed E-state index contributed by atoms with van der Waals surface area (Å²) in [6.45, 7) is 3.88. The Morgan fingerprint density at radius 3 is 2.46 bits per heavy atom. The molecule has 5 nitrogen and oxygen atoms in total. The Hall–Kier alpha value is -3.29. The number of aromatic nitrogens is 1. The van der Waals surface area contributed by atoms with Gasteiger partial charge in [-0.2, -0.15) is 13.2 Å². The lowest BCUT2D eigenvalue weighted by Gasteiger charge is -2.10. The van der Waals surface area contributed by atoms with Crippen molar-refractivity contribution >= 4 is 11.6 Å². The zero-order valence-corrected chi connectivity index (χ0v) is 15.1. The molecule has 0 radical (unpaired) electrons. The number of rotatable bonds is 5. The standard InChI is InChI=1S/C20H17F3N2O3/c1-12-18(13(2)28-25-12)11-27-17-8-6-14(7-9-17)19(26)24-16-5-3-4-15(10-16)20(21,22)23/h3-10H,11H2,1-2H3,(H,24,26). The molecule has 0 fully saturated rings. The largest absolute Gasteiger partial charge is 0.489 e. The molecule has 0 atom stereocenters. The van der Waals surface area contributed by atoms with Crippen molar-refractivity contribution in [2.24, 2.45) is 0 Å². The van der Waals surface area contributed by atoms with E-state index in [1.807, 2.05) is 6.92 Å². The number of nitrogens with zero attached hydrogens (tertiary/aromatic N) is 1. The number of amides is 1. The zero-order chi connectivity index (χ0) is 20.3. The van der Waals surface area contributed by atoms with E-state index < -0.39 is 17.6 Å². The van der Waals surface area contributed by atoms with Crippen LogP contribution in [0.4, 0.5) is 18.9 Å². The van der Waals surface area contributed by atoms with Crippen LogP contribution in [0, 0.1) is 13.8 Å². The third-order valence-electron chi connectivity index (χ3n) is 4.13. The van der Waals surface area contributed by atoms with Crippen molar-refractivity contribution < 1.29 is 27.2 Å². The van der Waals surface area contributed by atoms with Crippen molar-refractivity contribution in [2.75, 3.05) is 5.32 Å². The maximum absolute atomic E-state index is 12.8. The Morgan fingerprint density at radius 2 is 1.86 bits per heavy atom. The molecule has 0 aliphatic carbocycles. The van der Waals surface area contributed by atoms with E-state index >= 15 is 0 Å². The molecule has 3 aromatic rings. The Bertz CT molecular complexity index is 960. The first kappa shape index (κ1) is 19.5. The van der Waals surface area contributed by atoms with E-state index in [0.29, 0.717) is 17.1 Å². The minimum Gasteiger partial charge on any atom is -0.489 e. The van der Waals surface area contributed by atoms with Crippen LogP contribution in [-0.4, -0.2) is 11.1 Å². The van der Waals surface area contributed by atoms with Crippen molar-refractivity contribution in [1.82, 2.24) is 5.16 Å². The summed E-state index contributed by atoms with van der Waals surface area (Å²) in [5.41, 5.74) is 1.13. The lowest BCUT2D eigenvalue weighted by molar-refractivity contribution is -0.137.